The van der Waals surface area contributed by atoms with E-state index in [2.05, 4.69) is 17.4 Å². The van der Waals surface area contributed by atoms with Crippen LogP contribution in [0.2, 0.25) is 0 Å². The summed E-state index contributed by atoms with van der Waals surface area (Å²) in [4.78, 5) is 0. The molecule has 0 spiro atoms. The molecule has 1 aliphatic carbocycles. The molecule has 0 saturated carbocycles. The van der Waals surface area contributed by atoms with Crippen LogP contribution in [0.1, 0.15) is 11.1 Å². The van der Waals surface area contributed by atoms with E-state index in [1.165, 1.54) is 17.2 Å². The summed E-state index contributed by atoms with van der Waals surface area (Å²) in [7, 11) is 0. The van der Waals surface area contributed by atoms with Crippen LogP contribution in [-0.2, 0) is 12.8 Å². The molecule has 0 aromatic heterocycles. The molecule has 0 fully saturated rings. The van der Waals surface area contributed by atoms with Crippen molar-refractivity contribution in [1.82, 2.24) is 0 Å². The van der Waals surface area contributed by atoms with Crippen LogP contribution in [0, 0.1) is 11.6 Å². The molecule has 0 saturated heterocycles. The van der Waals surface area contributed by atoms with Gasteiger partial charge in [0, 0.05) is 6.04 Å². The first-order valence-corrected chi connectivity index (χ1v) is 6.01. The Hall–Kier alpha value is -1.90. The van der Waals surface area contributed by atoms with Gasteiger partial charge in [-0.05, 0) is 36.1 Å². The van der Waals surface area contributed by atoms with Gasteiger partial charge in [0.05, 0.1) is 5.69 Å². The molecule has 1 N–H and O–H groups in total. The number of anilines is 1. The molecule has 1 aliphatic rings. The SMILES string of the molecule is Fc1cccc(NC2Cc3ccccc3C2)c1F. The van der Waals surface area contributed by atoms with Crippen molar-refractivity contribution >= 4 is 5.69 Å². The lowest BCUT2D eigenvalue weighted by molar-refractivity contribution is 0.509. The van der Waals surface area contributed by atoms with E-state index < -0.39 is 11.6 Å². The van der Waals surface area contributed by atoms with Crippen molar-refractivity contribution in [2.24, 2.45) is 0 Å². The third-order valence-corrected chi connectivity index (χ3v) is 3.36. The van der Waals surface area contributed by atoms with Gasteiger partial charge >= 0.3 is 0 Å². The van der Waals surface area contributed by atoms with E-state index in [4.69, 9.17) is 0 Å². The third-order valence-electron chi connectivity index (χ3n) is 3.36. The van der Waals surface area contributed by atoms with Crippen molar-refractivity contribution < 1.29 is 8.78 Å². The molecule has 0 unspecified atom stereocenters. The van der Waals surface area contributed by atoms with Crippen LogP contribution >= 0.6 is 0 Å². The van der Waals surface area contributed by atoms with Crippen LogP contribution in [-0.4, -0.2) is 6.04 Å². The molecule has 0 heterocycles. The second-order valence-electron chi connectivity index (χ2n) is 4.62. The molecular formula is C15H13F2N. The van der Waals surface area contributed by atoms with Crippen LogP contribution in [0.4, 0.5) is 14.5 Å². The zero-order chi connectivity index (χ0) is 12.5. The van der Waals surface area contributed by atoms with Crippen molar-refractivity contribution in [3.8, 4) is 0 Å². The molecule has 92 valence electrons. The van der Waals surface area contributed by atoms with Gasteiger partial charge in [-0.2, -0.15) is 0 Å². The Morgan fingerprint density at radius 3 is 2.22 bits per heavy atom. The van der Waals surface area contributed by atoms with Crippen LogP contribution in [0.25, 0.3) is 0 Å². The van der Waals surface area contributed by atoms with Crippen LogP contribution in [0.5, 0.6) is 0 Å². The van der Waals surface area contributed by atoms with E-state index in [9.17, 15) is 8.78 Å². The lowest BCUT2D eigenvalue weighted by atomic mass is 10.1. The fourth-order valence-corrected chi connectivity index (χ4v) is 2.50. The second-order valence-corrected chi connectivity index (χ2v) is 4.62. The van der Waals surface area contributed by atoms with Crippen molar-refractivity contribution in [1.29, 1.82) is 0 Å². The van der Waals surface area contributed by atoms with Crippen molar-refractivity contribution in [3.63, 3.8) is 0 Å². The standard InChI is InChI=1S/C15H13F2N/c16-13-6-3-7-14(15(13)17)18-12-8-10-4-1-2-5-11(10)9-12/h1-7,12,18H,8-9H2. The number of hydrogen-bond acceptors (Lipinski definition) is 1. The van der Waals surface area contributed by atoms with Gasteiger partial charge in [-0.3, -0.25) is 0 Å². The maximum absolute atomic E-state index is 13.5. The highest BCUT2D eigenvalue weighted by atomic mass is 19.2. The molecule has 0 radical (unpaired) electrons. The zero-order valence-corrected chi connectivity index (χ0v) is 9.79. The molecule has 1 nitrogen and oxygen atoms in total. The van der Waals surface area contributed by atoms with Gasteiger partial charge in [0.2, 0.25) is 0 Å². The minimum atomic E-state index is -0.810. The smallest absolute Gasteiger partial charge is 0.181 e. The summed E-state index contributed by atoms with van der Waals surface area (Å²) >= 11 is 0. The summed E-state index contributed by atoms with van der Waals surface area (Å²) in [5, 5.41) is 3.08. The van der Waals surface area contributed by atoms with Crippen LogP contribution in [0.3, 0.4) is 0 Å². The Labute approximate surface area is 104 Å². The maximum Gasteiger partial charge on any atom is 0.181 e. The molecule has 0 aliphatic heterocycles. The summed E-state index contributed by atoms with van der Waals surface area (Å²) in [6, 6.07) is 12.5. The molecule has 2 aromatic rings. The van der Waals surface area contributed by atoms with Crippen molar-refractivity contribution in [3.05, 3.63) is 65.2 Å². The number of rotatable bonds is 2. The van der Waals surface area contributed by atoms with Crippen molar-refractivity contribution in [2.75, 3.05) is 5.32 Å². The maximum atomic E-state index is 13.5. The second kappa shape index (κ2) is 4.41. The van der Waals surface area contributed by atoms with E-state index in [0.29, 0.717) is 0 Å². The zero-order valence-electron chi connectivity index (χ0n) is 9.79. The van der Waals surface area contributed by atoms with Gasteiger partial charge < -0.3 is 5.32 Å². The Kier molecular flexibility index (Phi) is 2.74. The lowest BCUT2D eigenvalue weighted by Gasteiger charge is -2.14. The largest absolute Gasteiger partial charge is 0.379 e. The van der Waals surface area contributed by atoms with Crippen LogP contribution in [0.15, 0.2) is 42.5 Å². The minimum absolute atomic E-state index is 0.138. The number of nitrogens with one attached hydrogen (secondary N) is 1. The van der Waals surface area contributed by atoms with Gasteiger partial charge in [-0.15, -0.1) is 0 Å². The number of fused-ring (bicyclic) bond motifs is 1. The lowest BCUT2D eigenvalue weighted by Crippen LogP contribution is -2.20. The van der Waals surface area contributed by atoms with Crippen LogP contribution < -0.4 is 5.32 Å². The molecule has 0 atom stereocenters. The highest BCUT2D eigenvalue weighted by Gasteiger charge is 2.21. The topological polar surface area (TPSA) is 12.0 Å². The Bertz CT molecular complexity index is 555. The Morgan fingerprint density at radius 2 is 1.56 bits per heavy atom. The average molecular weight is 245 g/mol. The number of benzene rings is 2. The van der Waals surface area contributed by atoms with Gasteiger partial charge in [-0.1, -0.05) is 30.3 Å². The molecule has 2 aromatic carbocycles. The van der Waals surface area contributed by atoms with E-state index in [-0.39, 0.29) is 11.7 Å². The van der Waals surface area contributed by atoms with E-state index in [1.54, 1.807) is 6.07 Å². The highest BCUT2D eigenvalue weighted by molar-refractivity contribution is 5.48. The molecular weight excluding hydrogens is 232 g/mol. The average Bonchev–Trinajstić information content (AvgIpc) is 2.77. The Morgan fingerprint density at radius 1 is 0.889 bits per heavy atom. The van der Waals surface area contributed by atoms with E-state index >= 15 is 0 Å². The van der Waals surface area contributed by atoms with Gasteiger partial charge in [-0.25, -0.2) is 8.78 Å². The molecule has 3 heteroatoms. The van der Waals surface area contributed by atoms with Gasteiger partial charge in [0.15, 0.2) is 11.6 Å². The fraction of sp³-hybridized carbons (Fsp3) is 0.200. The summed E-state index contributed by atoms with van der Waals surface area (Å²) in [6.07, 6.45) is 1.71. The first-order chi connectivity index (χ1) is 8.74. The van der Waals surface area contributed by atoms with Gasteiger partial charge in [0.25, 0.3) is 0 Å². The molecule has 3 rings (SSSR count). The predicted octanol–water partition coefficient (Wildman–Crippen LogP) is 3.54. The molecule has 18 heavy (non-hydrogen) atoms. The monoisotopic (exact) mass is 245 g/mol. The quantitative estimate of drug-likeness (QED) is 0.853. The minimum Gasteiger partial charge on any atom is -0.379 e. The van der Waals surface area contributed by atoms with E-state index in [1.807, 2.05) is 12.1 Å². The number of halogens is 2. The summed E-state index contributed by atoms with van der Waals surface area (Å²) in [5.41, 5.74) is 2.81. The fourth-order valence-electron chi connectivity index (χ4n) is 2.50. The summed E-state index contributed by atoms with van der Waals surface area (Å²) in [6.45, 7) is 0. The molecule has 0 amide bonds. The normalized spacial score (nSPS) is 14.6. The Balaban J connectivity index is 1.78. The van der Waals surface area contributed by atoms with Crippen molar-refractivity contribution in [2.45, 2.75) is 18.9 Å². The predicted molar refractivity (Wildman–Crippen MR) is 67.6 cm³/mol. The number of hydrogen-bond donors (Lipinski definition) is 1. The summed E-state index contributed by atoms with van der Waals surface area (Å²) in [5.74, 6) is -1.61. The summed E-state index contributed by atoms with van der Waals surface area (Å²) < 4.78 is 26.6. The first kappa shape index (κ1) is 11.2. The highest BCUT2D eigenvalue weighted by Crippen LogP contribution is 2.26. The third kappa shape index (κ3) is 1.96. The first-order valence-electron chi connectivity index (χ1n) is 6.01. The van der Waals surface area contributed by atoms with Gasteiger partial charge in [0.1, 0.15) is 0 Å². The van der Waals surface area contributed by atoms with E-state index in [0.717, 1.165) is 18.9 Å². The molecule has 0 bridgehead atoms.